The van der Waals surface area contributed by atoms with Gasteiger partial charge in [0.1, 0.15) is 0 Å². The fourth-order valence-electron chi connectivity index (χ4n) is 3.88. The number of likely N-dealkylation sites (tertiary alicyclic amines) is 1. The minimum Gasteiger partial charge on any atom is -0.356 e. The minimum absolute atomic E-state index is 0.0244. The molecule has 2 aromatic rings. The number of rotatable bonds is 8. The Labute approximate surface area is 184 Å². The Morgan fingerprint density at radius 3 is 2.39 bits per heavy atom. The molecule has 3 amide bonds. The zero-order chi connectivity index (χ0) is 22.1. The normalized spacial score (nSPS) is 16.9. The van der Waals surface area contributed by atoms with Crippen LogP contribution in [0.15, 0.2) is 60.7 Å². The Hall–Kier alpha value is -3.15. The molecule has 0 aliphatic carbocycles. The fourth-order valence-corrected chi connectivity index (χ4v) is 3.88. The van der Waals surface area contributed by atoms with Crippen molar-refractivity contribution in [3.05, 3.63) is 71.8 Å². The topological polar surface area (TPSA) is 78.5 Å². The van der Waals surface area contributed by atoms with E-state index in [0.29, 0.717) is 25.2 Å². The van der Waals surface area contributed by atoms with Crippen LogP contribution in [0.4, 0.5) is 0 Å². The zero-order valence-electron chi connectivity index (χ0n) is 18.0. The largest absolute Gasteiger partial charge is 0.356 e. The Balaban J connectivity index is 1.68. The molecule has 1 aliphatic rings. The molecule has 2 aromatic carbocycles. The van der Waals surface area contributed by atoms with Crippen molar-refractivity contribution in [1.82, 2.24) is 15.5 Å². The number of hydrogen-bond donors (Lipinski definition) is 2. The summed E-state index contributed by atoms with van der Waals surface area (Å²) in [6, 6.07) is 18.1. The van der Waals surface area contributed by atoms with E-state index < -0.39 is 6.04 Å². The number of nitrogens with one attached hydrogen (secondary N) is 2. The van der Waals surface area contributed by atoms with Crippen molar-refractivity contribution < 1.29 is 14.4 Å². The summed E-state index contributed by atoms with van der Waals surface area (Å²) in [5.41, 5.74) is 1.44. The second-order valence-electron chi connectivity index (χ2n) is 7.98. The predicted molar refractivity (Wildman–Crippen MR) is 120 cm³/mol. The summed E-state index contributed by atoms with van der Waals surface area (Å²) in [4.78, 5) is 40.0. The first-order valence-electron chi connectivity index (χ1n) is 11.0. The Bertz CT molecular complexity index is 870. The number of benzene rings is 2. The highest BCUT2D eigenvalue weighted by atomic mass is 16.2. The smallest absolute Gasteiger partial charge is 0.251 e. The van der Waals surface area contributed by atoms with Crippen LogP contribution >= 0.6 is 0 Å². The average Bonchev–Trinajstić information content (AvgIpc) is 2.83. The van der Waals surface area contributed by atoms with Gasteiger partial charge in [-0.05, 0) is 37.0 Å². The van der Waals surface area contributed by atoms with Crippen molar-refractivity contribution in [2.75, 3.05) is 19.6 Å². The Morgan fingerprint density at radius 1 is 1.03 bits per heavy atom. The van der Waals surface area contributed by atoms with E-state index in [1.807, 2.05) is 55.5 Å². The molecule has 2 N–H and O–H groups in total. The van der Waals surface area contributed by atoms with Gasteiger partial charge in [0.2, 0.25) is 11.8 Å². The summed E-state index contributed by atoms with van der Waals surface area (Å²) >= 11 is 0. The maximum Gasteiger partial charge on any atom is 0.251 e. The second-order valence-corrected chi connectivity index (χ2v) is 7.98. The number of amides is 3. The van der Waals surface area contributed by atoms with Crippen LogP contribution < -0.4 is 10.6 Å². The molecule has 6 nitrogen and oxygen atoms in total. The molecule has 1 heterocycles. The predicted octanol–water partition coefficient (Wildman–Crippen LogP) is 3.31. The van der Waals surface area contributed by atoms with Gasteiger partial charge in [-0.15, -0.1) is 0 Å². The molecular formula is C25H31N3O3. The van der Waals surface area contributed by atoms with Crippen LogP contribution in [0.2, 0.25) is 0 Å². The fraction of sp³-hybridized carbons (Fsp3) is 0.400. The van der Waals surface area contributed by atoms with Crippen molar-refractivity contribution in [3.63, 3.8) is 0 Å². The van der Waals surface area contributed by atoms with Crippen molar-refractivity contribution in [2.24, 2.45) is 5.92 Å². The third-order valence-corrected chi connectivity index (χ3v) is 5.62. The van der Waals surface area contributed by atoms with E-state index >= 15 is 0 Å². The molecule has 31 heavy (non-hydrogen) atoms. The highest BCUT2D eigenvalue weighted by molar-refractivity contribution is 5.94. The third-order valence-electron chi connectivity index (χ3n) is 5.62. The van der Waals surface area contributed by atoms with Crippen molar-refractivity contribution in [1.29, 1.82) is 0 Å². The zero-order valence-corrected chi connectivity index (χ0v) is 18.0. The van der Waals surface area contributed by atoms with E-state index in [2.05, 4.69) is 10.6 Å². The highest BCUT2D eigenvalue weighted by Gasteiger charge is 2.30. The summed E-state index contributed by atoms with van der Waals surface area (Å²) < 4.78 is 0. The van der Waals surface area contributed by atoms with E-state index in [1.165, 1.54) is 0 Å². The lowest BCUT2D eigenvalue weighted by Crippen LogP contribution is -2.46. The highest BCUT2D eigenvalue weighted by Crippen LogP contribution is 2.22. The lowest BCUT2D eigenvalue weighted by Gasteiger charge is -2.33. The Kier molecular flexibility index (Phi) is 8.21. The van der Waals surface area contributed by atoms with Gasteiger partial charge in [0, 0.05) is 25.2 Å². The molecule has 164 valence electrons. The monoisotopic (exact) mass is 421 g/mol. The minimum atomic E-state index is -0.435. The summed E-state index contributed by atoms with van der Waals surface area (Å²) in [5.74, 6) is -0.400. The molecule has 1 saturated heterocycles. The third kappa shape index (κ3) is 6.41. The van der Waals surface area contributed by atoms with E-state index in [0.717, 1.165) is 24.8 Å². The molecule has 2 unspecified atom stereocenters. The van der Waals surface area contributed by atoms with E-state index in [-0.39, 0.29) is 30.1 Å². The molecule has 3 rings (SSSR count). The van der Waals surface area contributed by atoms with Crippen LogP contribution in [-0.4, -0.2) is 42.3 Å². The average molecular weight is 422 g/mol. The number of carbonyl (C=O) groups is 3. The molecule has 1 fully saturated rings. The summed E-state index contributed by atoms with van der Waals surface area (Å²) in [5, 5.41) is 5.95. The van der Waals surface area contributed by atoms with Gasteiger partial charge in [0.25, 0.3) is 5.91 Å². The summed E-state index contributed by atoms with van der Waals surface area (Å²) in [6.07, 6.45) is 2.65. The number of carbonyl (C=O) groups excluding carboxylic acids is 3. The van der Waals surface area contributed by atoms with Gasteiger partial charge in [-0.3, -0.25) is 14.4 Å². The van der Waals surface area contributed by atoms with Gasteiger partial charge in [-0.1, -0.05) is 55.5 Å². The first-order valence-corrected chi connectivity index (χ1v) is 11.0. The van der Waals surface area contributed by atoms with Crippen LogP contribution in [0.5, 0.6) is 0 Å². The van der Waals surface area contributed by atoms with Gasteiger partial charge >= 0.3 is 0 Å². The van der Waals surface area contributed by atoms with E-state index in [4.69, 9.17) is 0 Å². The molecule has 1 aliphatic heterocycles. The summed E-state index contributed by atoms with van der Waals surface area (Å²) in [7, 11) is 0. The van der Waals surface area contributed by atoms with Gasteiger partial charge in [0.05, 0.1) is 18.4 Å². The first kappa shape index (κ1) is 22.5. The number of nitrogens with zero attached hydrogens (tertiary/aromatic N) is 1. The maximum atomic E-state index is 13.1. The van der Waals surface area contributed by atoms with Crippen LogP contribution in [0.3, 0.4) is 0 Å². The molecule has 2 atom stereocenters. The van der Waals surface area contributed by atoms with Crippen molar-refractivity contribution >= 4 is 17.7 Å². The SMILES string of the molecule is CCCNC(=O)C1CCCN(C(=O)CC(NC(=O)c2ccccc2)c2ccccc2)C1. The molecule has 0 radical (unpaired) electrons. The van der Waals surface area contributed by atoms with Gasteiger partial charge in [-0.25, -0.2) is 0 Å². The maximum absolute atomic E-state index is 13.1. The molecular weight excluding hydrogens is 390 g/mol. The molecule has 6 heteroatoms. The van der Waals surface area contributed by atoms with Gasteiger partial charge in [-0.2, -0.15) is 0 Å². The van der Waals surface area contributed by atoms with Crippen LogP contribution in [0.1, 0.15) is 54.6 Å². The Morgan fingerprint density at radius 2 is 1.71 bits per heavy atom. The molecule has 0 bridgehead atoms. The quantitative estimate of drug-likeness (QED) is 0.686. The number of piperidine rings is 1. The molecule has 0 aromatic heterocycles. The van der Waals surface area contributed by atoms with E-state index in [9.17, 15) is 14.4 Å². The summed E-state index contributed by atoms with van der Waals surface area (Å²) in [6.45, 7) is 3.75. The molecule has 0 spiro atoms. The standard InChI is InChI=1S/C25H31N3O3/c1-2-15-26-24(30)21-14-9-16-28(18-21)23(29)17-22(19-10-5-3-6-11-19)27-25(31)20-12-7-4-8-13-20/h3-8,10-13,21-22H,2,9,14-18H2,1H3,(H,26,30)(H,27,31). The van der Waals surface area contributed by atoms with Gasteiger partial charge < -0.3 is 15.5 Å². The van der Waals surface area contributed by atoms with Crippen molar-refractivity contribution in [3.8, 4) is 0 Å². The van der Waals surface area contributed by atoms with Crippen LogP contribution in [0.25, 0.3) is 0 Å². The first-order chi connectivity index (χ1) is 15.1. The lowest BCUT2D eigenvalue weighted by atomic mass is 9.95. The van der Waals surface area contributed by atoms with Crippen LogP contribution in [0, 0.1) is 5.92 Å². The van der Waals surface area contributed by atoms with Crippen molar-refractivity contribution in [2.45, 2.75) is 38.6 Å². The second kappa shape index (κ2) is 11.3. The van der Waals surface area contributed by atoms with Gasteiger partial charge in [0.15, 0.2) is 0 Å². The lowest BCUT2D eigenvalue weighted by molar-refractivity contribution is -0.136. The van der Waals surface area contributed by atoms with E-state index in [1.54, 1.807) is 17.0 Å². The van der Waals surface area contributed by atoms with Crippen LogP contribution in [-0.2, 0) is 9.59 Å². The molecule has 0 saturated carbocycles. The number of hydrogen-bond acceptors (Lipinski definition) is 3.